The number of carbonyl (C=O) groups excluding carboxylic acids is 1. The molecule has 0 spiro atoms. The number of halogens is 3. The summed E-state index contributed by atoms with van der Waals surface area (Å²) in [5.74, 6) is -0.780. The van der Waals surface area contributed by atoms with E-state index in [1.54, 1.807) is 49.6 Å². The van der Waals surface area contributed by atoms with Crippen molar-refractivity contribution < 1.29 is 27.1 Å². The van der Waals surface area contributed by atoms with Crippen LogP contribution in [0.15, 0.2) is 70.0 Å². The second-order valence-electron chi connectivity index (χ2n) is 8.68. The molecular formula is C26H18F3N7O4. The predicted molar refractivity (Wildman–Crippen MR) is 137 cm³/mol. The number of amides is 1. The molecule has 202 valence electrons. The maximum Gasteiger partial charge on any atom is 0.433 e. The van der Waals surface area contributed by atoms with Gasteiger partial charge in [0.2, 0.25) is 5.89 Å². The molecule has 4 aromatic heterocycles. The maximum absolute atomic E-state index is 14.2. The van der Waals surface area contributed by atoms with E-state index in [2.05, 4.69) is 25.5 Å². The summed E-state index contributed by atoms with van der Waals surface area (Å²) in [7, 11) is 3.05. The minimum atomic E-state index is -4.88. The first-order chi connectivity index (χ1) is 19.2. The number of nitrogens with zero attached hydrogens (tertiary/aromatic N) is 5. The van der Waals surface area contributed by atoms with Crippen LogP contribution in [0.5, 0.6) is 5.75 Å². The van der Waals surface area contributed by atoms with E-state index in [1.807, 2.05) is 0 Å². The van der Waals surface area contributed by atoms with Gasteiger partial charge in [-0.2, -0.15) is 22.8 Å². The Morgan fingerprint density at radius 3 is 2.50 bits per heavy atom. The molecule has 6 rings (SSSR count). The number of anilines is 1. The van der Waals surface area contributed by atoms with Gasteiger partial charge in [-0.3, -0.25) is 19.4 Å². The molecule has 0 unspecified atom stereocenters. The quantitative estimate of drug-likeness (QED) is 0.323. The number of ether oxygens (including phenoxy) is 1. The Balaban J connectivity index is 1.67. The lowest BCUT2D eigenvalue weighted by molar-refractivity contribution is -0.140. The van der Waals surface area contributed by atoms with E-state index < -0.39 is 45.8 Å². The van der Waals surface area contributed by atoms with E-state index in [-0.39, 0.29) is 28.4 Å². The molecule has 0 aliphatic rings. The number of carbonyl (C=O) groups is 1. The van der Waals surface area contributed by atoms with Crippen LogP contribution in [0.25, 0.3) is 39.3 Å². The Morgan fingerprint density at radius 2 is 1.82 bits per heavy atom. The van der Waals surface area contributed by atoms with Crippen LogP contribution in [0, 0.1) is 0 Å². The molecule has 0 saturated heterocycles. The van der Waals surface area contributed by atoms with Gasteiger partial charge in [0.1, 0.15) is 22.7 Å². The molecule has 0 atom stereocenters. The highest BCUT2D eigenvalue weighted by Crippen LogP contribution is 2.39. The van der Waals surface area contributed by atoms with Crippen molar-refractivity contribution in [2.75, 3.05) is 12.4 Å². The summed E-state index contributed by atoms with van der Waals surface area (Å²) in [5, 5.41) is 8.74. The Bertz CT molecular complexity index is 1970. The average Bonchev–Trinajstić information content (AvgIpc) is 3.65. The van der Waals surface area contributed by atoms with Gasteiger partial charge in [-0.1, -0.05) is 36.4 Å². The highest BCUT2D eigenvalue weighted by molar-refractivity contribution is 6.07. The lowest BCUT2D eigenvalue weighted by atomic mass is 10.1. The van der Waals surface area contributed by atoms with Crippen LogP contribution < -0.4 is 15.6 Å². The topological polar surface area (TPSA) is 132 Å². The summed E-state index contributed by atoms with van der Waals surface area (Å²) in [6.45, 7) is 0. The summed E-state index contributed by atoms with van der Waals surface area (Å²) < 4.78 is 55.7. The number of aryl methyl sites for hydroxylation is 1. The molecule has 2 aromatic carbocycles. The van der Waals surface area contributed by atoms with Gasteiger partial charge in [0, 0.05) is 19.3 Å². The third-order valence-corrected chi connectivity index (χ3v) is 6.11. The molecule has 0 saturated carbocycles. The van der Waals surface area contributed by atoms with Crippen molar-refractivity contribution in [1.29, 1.82) is 0 Å². The van der Waals surface area contributed by atoms with E-state index in [4.69, 9.17) is 9.15 Å². The summed E-state index contributed by atoms with van der Waals surface area (Å²) >= 11 is 0. The van der Waals surface area contributed by atoms with Crippen molar-refractivity contribution in [1.82, 2.24) is 29.4 Å². The first kappa shape index (κ1) is 24.9. The fourth-order valence-electron chi connectivity index (χ4n) is 4.36. The Kier molecular flexibility index (Phi) is 5.67. The van der Waals surface area contributed by atoms with Crippen LogP contribution in [0.2, 0.25) is 0 Å². The van der Waals surface area contributed by atoms with E-state index >= 15 is 0 Å². The van der Waals surface area contributed by atoms with Crippen molar-refractivity contribution in [2.24, 2.45) is 7.05 Å². The van der Waals surface area contributed by atoms with Gasteiger partial charge < -0.3 is 14.5 Å². The van der Waals surface area contributed by atoms with Gasteiger partial charge >= 0.3 is 6.18 Å². The number of H-pyrrole nitrogens is 1. The fraction of sp³-hybridized carbons (Fsp3) is 0.115. The fourth-order valence-corrected chi connectivity index (χ4v) is 4.36. The molecule has 0 bridgehead atoms. The lowest BCUT2D eigenvalue weighted by Crippen LogP contribution is -2.25. The molecule has 14 heteroatoms. The van der Waals surface area contributed by atoms with Crippen LogP contribution in [-0.4, -0.2) is 42.4 Å². The van der Waals surface area contributed by atoms with Gasteiger partial charge in [0.05, 0.1) is 12.7 Å². The minimum Gasteiger partial charge on any atom is -0.494 e. The average molecular weight is 549 g/mol. The lowest BCUT2D eigenvalue weighted by Gasteiger charge is -2.08. The summed E-state index contributed by atoms with van der Waals surface area (Å²) in [6, 6.07) is 13.9. The van der Waals surface area contributed by atoms with Gasteiger partial charge in [-0.05, 0) is 17.7 Å². The second-order valence-corrected chi connectivity index (χ2v) is 8.68. The largest absolute Gasteiger partial charge is 0.494 e. The summed E-state index contributed by atoms with van der Waals surface area (Å²) in [4.78, 5) is 36.0. The molecule has 0 aliphatic carbocycles. The maximum atomic E-state index is 14.2. The van der Waals surface area contributed by atoms with Crippen LogP contribution in [0.3, 0.4) is 0 Å². The molecule has 0 aliphatic heterocycles. The number of nitrogens with one attached hydrogen (secondary N) is 2. The smallest absolute Gasteiger partial charge is 0.433 e. The number of benzene rings is 2. The van der Waals surface area contributed by atoms with Gasteiger partial charge in [0.15, 0.2) is 22.6 Å². The molecule has 1 amide bonds. The summed E-state index contributed by atoms with van der Waals surface area (Å²) in [6.07, 6.45) is -3.31. The Morgan fingerprint density at radius 1 is 1.05 bits per heavy atom. The van der Waals surface area contributed by atoms with Crippen LogP contribution in [0.4, 0.5) is 19.0 Å². The zero-order valence-corrected chi connectivity index (χ0v) is 20.8. The third kappa shape index (κ3) is 4.05. The Hall–Kier alpha value is -5.40. The van der Waals surface area contributed by atoms with Crippen LogP contribution in [-0.2, 0) is 13.2 Å². The number of fused-ring (bicyclic) bond motifs is 2. The number of hydrogen-bond donors (Lipinski definition) is 2. The first-order valence-corrected chi connectivity index (χ1v) is 11.7. The molecular weight excluding hydrogens is 531 g/mol. The minimum absolute atomic E-state index is 0.132. The van der Waals surface area contributed by atoms with Crippen LogP contribution >= 0.6 is 0 Å². The van der Waals surface area contributed by atoms with Crippen molar-refractivity contribution >= 4 is 28.5 Å². The molecule has 11 nitrogen and oxygen atoms in total. The van der Waals surface area contributed by atoms with Crippen molar-refractivity contribution in [3.63, 3.8) is 0 Å². The zero-order valence-electron chi connectivity index (χ0n) is 20.8. The molecule has 4 heterocycles. The highest BCUT2D eigenvalue weighted by Gasteiger charge is 2.39. The molecule has 0 fully saturated rings. The number of aromatic nitrogens is 6. The normalized spacial score (nSPS) is 11.8. The monoisotopic (exact) mass is 549 g/mol. The predicted octanol–water partition coefficient (Wildman–Crippen LogP) is 4.51. The third-order valence-electron chi connectivity index (χ3n) is 6.11. The van der Waals surface area contributed by atoms with Crippen molar-refractivity contribution in [2.45, 2.75) is 6.18 Å². The van der Waals surface area contributed by atoms with E-state index in [0.29, 0.717) is 10.3 Å². The van der Waals surface area contributed by atoms with E-state index in [9.17, 15) is 22.8 Å². The number of oxazole rings is 1. The number of aromatic amines is 1. The number of hydrogen-bond acceptors (Lipinski definition) is 7. The zero-order chi connectivity index (χ0) is 28.2. The number of rotatable bonds is 5. The molecule has 2 N–H and O–H groups in total. The highest BCUT2D eigenvalue weighted by atomic mass is 19.4. The number of para-hydroxylation sites is 1. The van der Waals surface area contributed by atoms with Gasteiger partial charge in [-0.25, -0.2) is 9.97 Å². The van der Waals surface area contributed by atoms with Gasteiger partial charge in [-0.15, -0.1) is 0 Å². The first-order valence-electron chi connectivity index (χ1n) is 11.7. The van der Waals surface area contributed by atoms with E-state index in [0.717, 1.165) is 0 Å². The van der Waals surface area contributed by atoms with Crippen molar-refractivity contribution in [3.8, 4) is 28.3 Å². The second kappa shape index (κ2) is 9.11. The van der Waals surface area contributed by atoms with Crippen molar-refractivity contribution in [3.05, 3.63) is 82.5 Å². The summed E-state index contributed by atoms with van der Waals surface area (Å²) in [5.41, 5.74) is -3.42. The molecule has 6 aromatic rings. The standard InChI is InChI=1S/C26H18F3N7O4/c1-35-12-11-16(33-35)30-23(37)20-18(24-32-19-14(39-2)9-6-10-15(19)40-24)25(38)36-22(31-20)17(13-7-4-3-5-8-13)21(34-36)26(27,28)29/h3-12,34H,1-2H3,(H,30,33,37). The number of alkyl halides is 3. The molecule has 40 heavy (non-hydrogen) atoms. The number of methoxy groups -OCH3 is 1. The van der Waals surface area contributed by atoms with E-state index in [1.165, 1.54) is 30.0 Å². The SMILES string of the molecule is COc1cccc2oc(-c3c(C(=O)Nc4ccn(C)n4)nc4c(-c5ccccc5)c(C(F)(F)F)[nH]n4c3=O)nc12. The molecule has 0 radical (unpaired) electrons. The van der Waals surface area contributed by atoms with Crippen LogP contribution in [0.1, 0.15) is 16.2 Å². The van der Waals surface area contributed by atoms with Gasteiger partial charge in [0.25, 0.3) is 11.5 Å². The Labute approximate surface area is 221 Å².